The molecule has 8 nitrogen and oxygen atoms in total. The van der Waals surface area contributed by atoms with Crippen LogP contribution in [0.5, 0.6) is 5.75 Å². The largest absolute Gasteiger partial charge is 0.491 e. The number of carbonyl (C=O) groups is 1. The summed E-state index contributed by atoms with van der Waals surface area (Å²) in [5.74, 6) is -0.657. The zero-order chi connectivity index (χ0) is 22.7. The van der Waals surface area contributed by atoms with E-state index in [9.17, 15) is 13.6 Å². The third-order valence-electron chi connectivity index (χ3n) is 5.18. The lowest BCUT2D eigenvalue weighted by Crippen LogP contribution is -2.48. The molecule has 0 radical (unpaired) electrons. The predicted octanol–water partition coefficient (Wildman–Crippen LogP) is 2.69. The molecule has 1 fully saturated rings. The molecule has 0 spiro atoms. The molecule has 0 atom stereocenters. The van der Waals surface area contributed by atoms with Crippen molar-refractivity contribution in [2.45, 2.75) is 26.5 Å². The van der Waals surface area contributed by atoms with Crippen LogP contribution in [0.3, 0.4) is 0 Å². The minimum atomic E-state index is -0.958. The Hall–Kier alpha value is -3.40. The van der Waals surface area contributed by atoms with E-state index < -0.39 is 11.6 Å². The summed E-state index contributed by atoms with van der Waals surface area (Å²) in [6, 6.07) is 10.7. The van der Waals surface area contributed by atoms with E-state index in [1.165, 1.54) is 10.7 Å². The van der Waals surface area contributed by atoms with E-state index in [2.05, 4.69) is 20.4 Å². The normalized spacial score (nSPS) is 14.7. The van der Waals surface area contributed by atoms with E-state index in [4.69, 9.17) is 4.74 Å². The van der Waals surface area contributed by atoms with Crippen LogP contribution in [0.25, 0.3) is 5.69 Å². The minimum absolute atomic E-state index is 0.0210. The first-order valence-corrected chi connectivity index (χ1v) is 10.4. The maximum Gasteiger partial charge on any atom is 0.253 e. The highest BCUT2D eigenvalue weighted by molar-refractivity contribution is 5.94. The molecule has 1 aliphatic heterocycles. The van der Waals surface area contributed by atoms with Crippen LogP contribution in [0.2, 0.25) is 0 Å². The summed E-state index contributed by atoms with van der Waals surface area (Å²) in [6.45, 7) is 6.75. The van der Waals surface area contributed by atoms with Gasteiger partial charge in [0.2, 0.25) is 0 Å². The van der Waals surface area contributed by atoms with Crippen LogP contribution >= 0.6 is 0 Å². The summed E-state index contributed by atoms with van der Waals surface area (Å²) in [4.78, 5) is 16.7. The first-order chi connectivity index (χ1) is 15.4. The van der Waals surface area contributed by atoms with Crippen LogP contribution < -0.4 is 4.74 Å². The summed E-state index contributed by atoms with van der Waals surface area (Å²) < 4.78 is 33.8. The second-order valence-electron chi connectivity index (χ2n) is 7.86. The maximum absolute atomic E-state index is 13.6. The van der Waals surface area contributed by atoms with Crippen LogP contribution in [0.4, 0.5) is 8.78 Å². The average Bonchev–Trinajstić information content (AvgIpc) is 3.24. The Balaban J connectivity index is 1.35. The fraction of sp³-hybridized carbons (Fsp3) is 0.364. The fourth-order valence-corrected chi connectivity index (χ4v) is 3.56. The van der Waals surface area contributed by atoms with Gasteiger partial charge in [0.25, 0.3) is 5.91 Å². The molecule has 0 saturated carbocycles. The highest BCUT2D eigenvalue weighted by atomic mass is 19.2. The molecule has 1 aliphatic rings. The summed E-state index contributed by atoms with van der Waals surface area (Å²) in [5.41, 5.74) is 0.972. The number of nitrogens with zero attached hydrogens (tertiary/aromatic N) is 6. The number of hydrogen-bond donors (Lipinski definition) is 0. The lowest BCUT2D eigenvalue weighted by Gasteiger charge is -2.34. The van der Waals surface area contributed by atoms with Gasteiger partial charge in [0.15, 0.2) is 17.5 Å². The van der Waals surface area contributed by atoms with Crippen molar-refractivity contribution in [3.05, 3.63) is 65.5 Å². The van der Waals surface area contributed by atoms with E-state index in [0.717, 1.165) is 17.9 Å². The van der Waals surface area contributed by atoms with Gasteiger partial charge < -0.3 is 9.64 Å². The highest BCUT2D eigenvalue weighted by Crippen LogP contribution is 2.17. The van der Waals surface area contributed by atoms with Gasteiger partial charge in [0.1, 0.15) is 5.75 Å². The predicted molar refractivity (Wildman–Crippen MR) is 112 cm³/mol. The van der Waals surface area contributed by atoms with Gasteiger partial charge in [-0.25, -0.2) is 8.78 Å². The van der Waals surface area contributed by atoms with E-state index in [1.807, 2.05) is 30.9 Å². The Morgan fingerprint density at radius 1 is 1.03 bits per heavy atom. The zero-order valence-corrected chi connectivity index (χ0v) is 17.9. The Kier molecular flexibility index (Phi) is 6.40. The monoisotopic (exact) mass is 442 g/mol. The molecule has 1 aromatic heterocycles. The van der Waals surface area contributed by atoms with Crippen LogP contribution in [0, 0.1) is 11.6 Å². The third kappa shape index (κ3) is 4.91. The lowest BCUT2D eigenvalue weighted by molar-refractivity contribution is 0.0624. The second kappa shape index (κ2) is 9.39. The fourth-order valence-electron chi connectivity index (χ4n) is 3.56. The standard InChI is InChI=1S/C22H24F2N6O2/c1-15(2)32-18-6-3-16(4-7-18)22(31)29-11-9-28(10-12-29)14-21-25-26-27-30(21)17-5-8-19(23)20(24)13-17/h3-8,13,15H,9-12,14H2,1-2H3. The number of halogens is 2. The molecule has 4 rings (SSSR count). The summed E-state index contributed by atoms with van der Waals surface area (Å²) in [7, 11) is 0. The number of benzene rings is 2. The molecule has 10 heteroatoms. The van der Waals surface area contributed by atoms with E-state index in [-0.39, 0.29) is 12.0 Å². The molecular weight excluding hydrogens is 418 g/mol. The van der Waals surface area contributed by atoms with Gasteiger partial charge in [0, 0.05) is 37.8 Å². The lowest BCUT2D eigenvalue weighted by atomic mass is 10.1. The Bertz CT molecular complexity index is 1080. The van der Waals surface area contributed by atoms with Gasteiger partial charge >= 0.3 is 0 Å². The van der Waals surface area contributed by atoms with Crippen molar-refractivity contribution in [3.8, 4) is 11.4 Å². The quantitative estimate of drug-likeness (QED) is 0.584. The minimum Gasteiger partial charge on any atom is -0.491 e. The Labute approximate surface area is 184 Å². The van der Waals surface area contributed by atoms with Crippen LogP contribution in [0.15, 0.2) is 42.5 Å². The van der Waals surface area contributed by atoms with Gasteiger partial charge in [-0.15, -0.1) is 5.10 Å². The number of tetrazole rings is 1. The maximum atomic E-state index is 13.6. The molecular formula is C22H24F2N6O2. The number of ether oxygens (including phenoxy) is 1. The first kappa shape index (κ1) is 21.8. The van der Waals surface area contributed by atoms with Crippen molar-refractivity contribution in [1.82, 2.24) is 30.0 Å². The van der Waals surface area contributed by atoms with Gasteiger partial charge in [-0.1, -0.05) is 0 Å². The number of rotatable bonds is 6. The average molecular weight is 442 g/mol. The molecule has 32 heavy (non-hydrogen) atoms. The first-order valence-electron chi connectivity index (χ1n) is 10.4. The second-order valence-corrected chi connectivity index (χ2v) is 7.86. The van der Waals surface area contributed by atoms with Crippen molar-refractivity contribution in [3.63, 3.8) is 0 Å². The number of aromatic nitrogens is 4. The molecule has 2 heterocycles. The van der Waals surface area contributed by atoms with Gasteiger partial charge in [-0.05, 0) is 60.7 Å². The molecule has 3 aromatic rings. The number of amides is 1. The Morgan fingerprint density at radius 3 is 2.41 bits per heavy atom. The van der Waals surface area contributed by atoms with Crippen LogP contribution in [-0.4, -0.2) is 68.2 Å². The number of carbonyl (C=O) groups excluding carboxylic acids is 1. The summed E-state index contributed by atoms with van der Waals surface area (Å²) >= 11 is 0. The Morgan fingerprint density at radius 2 is 1.75 bits per heavy atom. The van der Waals surface area contributed by atoms with E-state index in [1.54, 1.807) is 12.1 Å². The molecule has 2 aromatic carbocycles. The molecule has 0 aliphatic carbocycles. The highest BCUT2D eigenvalue weighted by Gasteiger charge is 2.24. The summed E-state index contributed by atoms with van der Waals surface area (Å²) in [6.07, 6.45) is 0.0766. The molecule has 168 valence electrons. The van der Waals surface area contributed by atoms with Crippen LogP contribution in [0.1, 0.15) is 30.0 Å². The summed E-state index contributed by atoms with van der Waals surface area (Å²) in [5, 5.41) is 11.6. The van der Waals surface area contributed by atoms with Gasteiger partial charge in [-0.3, -0.25) is 9.69 Å². The molecule has 1 saturated heterocycles. The van der Waals surface area contributed by atoms with E-state index >= 15 is 0 Å². The topological polar surface area (TPSA) is 76.4 Å². The molecule has 0 N–H and O–H groups in total. The number of piperazine rings is 1. The zero-order valence-electron chi connectivity index (χ0n) is 17.9. The third-order valence-corrected chi connectivity index (χ3v) is 5.18. The number of hydrogen-bond acceptors (Lipinski definition) is 6. The van der Waals surface area contributed by atoms with Gasteiger partial charge in [0.05, 0.1) is 18.3 Å². The van der Waals surface area contributed by atoms with E-state index in [0.29, 0.717) is 49.8 Å². The SMILES string of the molecule is CC(C)Oc1ccc(C(=O)N2CCN(Cc3nnnn3-c3ccc(F)c(F)c3)CC2)cc1. The van der Waals surface area contributed by atoms with Crippen molar-refractivity contribution in [1.29, 1.82) is 0 Å². The van der Waals surface area contributed by atoms with Crippen molar-refractivity contribution >= 4 is 5.91 Å². The van der Waals surface area contributed by atoms with Crippen molar-refractivity contribution in [2.75, 3.05) is 26.2 Å². The molecule has 0 bridgehead atoms. The van der Waals surface area contributed by atoms with Gasteiger partial charge in [-0.2, -0.15) is 4.68 Å². The van der Waals surface area contributed by atoms with Crippen molar-refractivity contribution < 1.29 is 18.3 Å². The van der Waals surface area contributed by atoms with Crippen LogP contribution in [-0.2, 0) is 6.54 Å². The molecule has 0 unspecified atom stereocenters. The van der Waals surface area contributed by atoms with Crippen molar-refractivity contribution in [2.24, 2.45) is 0 Å². The smallest absolute Gasteiger partial charge is 0.253 e. The molecule has 1 amide bonds.